The standard InChI is InChI=1S/C44H89N2O6P/c1-6-8-10-12-14-16-18-20-22-23-24-26-28-30-32-34-36-38-44(48)45-42(41-52-53(49,50)51-40-39-46(3,4)5)43(47)37-35-33-31-29-27-25-21-19-17-15-13-11-9-7-2/h20,22,42-43,47H,6-19,21,23-41H2,1-5H3,(H-,45,48,49,50)/p+1/b22-20+/t42-,43+/m0/s1. The van der Waals surface area contributed by atoms with Gasteiger partial charge in [-0.1, -0.05) is 180 Å². The van der Waals surface area contributed by atoms with Gasteiger partial charge in [0.25, 0.3) is 0 Å². The van der Waals surface area contributed by atoms with Crippen molar-refractivity contribution in [2.75, 3.05) is 40.9 Å². The maximum absolute atomic E-state index is 12.9. The van der Waals surface area contributed by atoms with Gasteiger partial charge in [0.1, 0.15) is 13.2 Å². The normalized spacial score (nSPS) is 14.5. The number of amides is 1. The number of phosphoric acid groups is 1. The summed E-state index contributed by atoms with van der Waals surface area (Å²) in [6.45, 7) is 4.89. The van der Waals surface area contributed by atoms with E-state index < -0.39 is 20.0 Å². The second kappa shape index (κ2) is 36.9. The van der Waals surface area contributed by atoms with Crippen LogP contribution in [0, 0.1) is 0 Å². The van der Waals surface area contributed by atoms with Crippen LogP contribution in [0.2, 0.25) is 0 Å². The molecule has 0 bridgehead atoms. The Morgan fingerprint density at radius 2 is 1.02 bits per heavy atom. The molecule has 0 aromatic carbocycles. The summed E-state index contributed by atoms with van der Waals surface area (Å²) in [7, 11) is 1.62. The quantitative estimate of drug-likeness (QED) is 0.0247. The number of hydrogen-bond acceptors (Lipinski definition) is 5. The van der Waals surface area contributed by atoms with E-state index >= 15 is 0 Å². The van der Waals surface area contributed by atoms with E-state index in [9.17, 15) is 19.4 Å². The number of allylic oxidation sites excluding steroid dienone is 2. The van der Waals surface area contributed by atoms with E-state index in [4.69, 9.17) is 9.05 Å². The zero-order valence-corrected chi connectivity index (χ0v) is 36.7. The highest BCUT2D eigenvalue weighted by Crippen LogP contribution is 2.43. The molecule has 0 saturated carbocycles. The van der Waals surface area contributed by atoms with Gasteiger partial charge < -0.3 is 19.8 Å². The van der Waals surface area contributed by atoms with E-state index in [1.807, 2.05) is 21.1 Å². The maximum Gasteiger partial charge on any atom is 0.472 e. The molecular weight excluding hydrogens is 683 g/mol. The summed E-state index contributed by atoms with van der Waals surface area (Å²) in [6.07, 6.45) is 40.8. The van der Waals surface area contributed by atoms with Crippen LogP contribution in [0.15, 0.2) is 12.2 Å². The molecule has 0 aromatic heterocycles. The summed E-state index contributed by atoms with van der Waals surface area (Å²) in [5.74, 6) is -0.148. The minimum Gasteiger partial charge on any atom is -0.391 e. The molecule has 0 rings (SSSR count). The Labute approximate surface area is 329 Å². The summed E-state index contributed by atoms with van der Waals surface area (Å²) >= 11 is 0. The van der Waals surface area contributed by atoms with Crippen molar-refractivity contribution < 1.29 is 32.9 Å². The van der Waals surface area contributed by atoms with E-state index in [2.05, 4.69) is 31.3 Å². The fourth-order valence-corrected chi connectivity index (χ4v) is 7.36. The topological polar surface area (TPSA) is 105 Å². The van der Waals surface area contributed by atoms with Gasteiger partial charge in [-0.3, -0.25) is 13.8 Å². The Morgan fingerprint density at radius 3 is 1.45 bits per heavy atom. The molecule has 0 spiro atoms. The molecule has 9 heteroatoms. The van der Waals surface area contributed by atoms with Crippen molar-refractivity contribution in [3.8, 4) is 0 Å². The monoisotopic (exact) mass is 774 g/mol. The van der Waals surface area contributed by atoms with Gasteiger partial charge >= 0.3 is 7.82 Å². The molecule has 8 nitrogen and oxygen atoms in total. The summed E-state index contributed by atoms with van der Waals surface area (Å²) in [5.41, 5.74) is 0. The lowest BCUT2D eigenvalue weighted by Crippen LogP contribution is -2.46. The lowest BCUT2D eigenvalue weighted by Gasteiger charge is -2.26. The number of likely N-dealkylation sites (N-methyl/N-ethyl adjacent to an activating group) is 1. The molecule has 53 heavy (non-hydrogen) atoms. The van der Waals surface area contributed by atoms with E-state index in [0.717, 1.165) is 38.5 Å². The fraction of sp³-hybridized carbons (Fsp3) is 0.932. The van der Waals surface area contributed by atoms with Crippen LogP contribution in [-0.4, -0.2) is 73.4 Å². The van der Waals surface area contributed by atoms with Gasteiger partial charge in [0.2, 0.25) is 5.91 Å². The van der Waals surface area contributed by atoms with Crippen LogP contribution in [0.3, 0.4) is 0 Å². The highest BCUT2D eigenvalue weighted by atomic mass is 31.2. The van der Waals surface area contributed by atoms with Crippen molar-refractivity contribution >= 4 is 13.7 Å². The number of nitrogens with one attached hydrogen (secondary N) is 1. The van der Waals surface area contributed by atoms with Crippen molar-refractivity contribution in [3.63, 3.8) is 0 Å². The van der Waals surface area contributed by atoms with Crippen LogP contribution in [0.1, 0.15) is 213 Å². The van der Waals surface area contributed by atoms with Crippen molar-refractivity contribution in [2.24, 2.45) is 0 Å². The molecule has 0 heterocycles. The van der Waals surface area contributed by atoms with Crippen LogP contribution in [-0.2, 0) is 18.4 Å². The molecule has 0 aliphatic rings. The molecule has 1 amide bonds. The molecule has 1 unspecified atom stereocenters. The van der Waals surface area contributed by atoms with Crippen molar-refractivity contribution in [1.82, 2.24) is 5.32 Å². The second-order valence-electron chi connectivity index (χ2n) is 16.8. The Kier molecular flexibility index (Phi) is 36.3. The van der Waals surface area contributed by atoms with Crippen molar-refractivity contribution in [1.29, 1.82) is 0 Å². The highest BCUT2D eigenvalue weighted by molar-refractivity contribution is 7.47. The molecule has 0 radical (unpaired) electrons. The summed E-state index contributed by atoms with van der Waals surface area (Å²) in [5, 5.41) is 13.9. The molecule has 316 valence electrons. The fourth-order valence-electron chi connectivity index (χ4n) is 6.63. The summed E-state index contributed by atoms with van der Waals surface area (Å²) in [6, 6.07) is -0.758. The minimum absolute atomic E-state index is 0.0757. The number of phosphoric ester groups is 1. The van der Waals surface area contributed by atoms with Gasteiger partial charge in [-0.05, 0) is 38.5 Å². The molecule has 3 atom stereocenters. The first-order chi connectivity index (χ1) is 25.5. The molecule has 3 N–H and O–H groups in total. The number of carbonyl (C=O) groups is 1. The molecule has 0 aliphatic heterocycles. The predicted octanol–water partition coefficient (Wildman–Crippen LogP) is 12.4. The first-order valence-corrected chi connectivity index (χ1v) is 24.0. The second-order valence-corrected chi connectivity index (χ2v) is 18.2. The van der Waals surface area contributed by atoms with Crippen molar-refractivity contribution in [2.45, 2.75) is 225 Å². The van der Waals surface area contributed by atoms with Gasteiger partial charge in [0, 0.05) is 6.42 Å². The Bertz CT molecular complexity index is 880. The average Bonchev–Trinajstić information content (AvgIpc) is 3.10. The van der Waals surface area contributed by atoms with Gasteiger partial charge in [-0.25, -0.2) is 4.57 Å². The number of unbranched alkanes of at least 4 members (excludes halogenated alkanes) is 26. The number of hydrogen-bond donors (Lipinski definition) is 3. The lowest BCUT2D eigenvalue weighted by molar-refractivity contribution is -0.870. The third-order valence-corrected chi connectivity index (χ3v) is 11.2. The van der Waals surface area contributed by atoms with E-state index in [1.165, 1.54) is 148 Å². The number of aliphatic hydroxyl groups excluding tert-OH is 1. The zero-order valence-electron chi connectivity index (χ0n) is 35.8. The third kappa shape index (κ3) is 39.3. The molecule has 0 saturated heterocycles. The van der Waals surface area contributed by atoms with E-state index in [1.54, 1.807) is 0 Å². The van der Waals surface area contributed by atoms with Crippen LogP contribution in [0.4, 0.5) is 0 Å². The molecule has 0 fully saturated rings. The lowest BCUT2D eigenvalue weighted by atomic mass is 10.0. The first kappa shape index (κ1) is 52.2. The number of rotatable bonds is 41. The van der Waals surface area contributed by atoms with E-state index in [0.29, 0.717) is 23.9 Å². The molecule has 0 aliphatic carbocycles. The van der Waals surface area contributed by atoms with Gasteiger partial charge in [0.05, 0.1) is 39.9 Å². The van der Waals surface area contributed by atoms with Gasteiger partial charge in [-0.15, -0.1) is 0 Å². The number of aliphatic hydroxyl groups is 1. The number of carbonyl (C=O) groups excluding carboxylic acids is 1. The third-order valence-electron chi connectivity index (χ3n) is 10.3. The Balaban J connectivity index is 4.35. The smallest absolute Gasteiger partial charge is 0.391 e. The molecular formula is C44H90N2O6P+. The van der Waals surface area contributed by atoms with Crippen LogP contribution >= 0.6 is 7.82 Å². The first-order valence-electron chi connectivity index (χ1n) is 22.6. The SMILES string of the molecule is CCCCCCCC/C=C/CCCCCCCCCC(=O)N[C@@H](COP(=O)(O)OCC[N+](C)(C)C)[C@H](O)CCCCCCCCCCCCCCCC. The van der Waals surface area contributed by atoms with Crippen LogP contribution in [0.25, 0.3) is 0 Å². The van der Waals surface area contributed by atoms with E-state index in [-0.39, 0.29) is 19.1 Å². The number of nitrogens with zero attached hydrogens (tertiary/aromatic N) is 1. The number of quaternary nitrogens is 1. The van der Waals surface area contributed by atoms with Crippen LogP contribution in [0.5, 0.6) is 0 Å². The largest absolute Gasteiger partial charge is 0.472 e. The van der Waals surface area contributed by atoms with Crippen LogP contribution < -0.4 is 5.32 Å². The maximum atomic E-state index is 12.9. The predicted molar refractivity (Wildman–Crippen MR) is 226 cm³/mol. The Morgan fingerprint density at radius 1 is 0.623 bits per heavy atom. The minimum atomic E-state index is -4.31. The summed E-state index contributed by atoms with van der Waals surface area (Å²) in [4.78, 5) is 23.1. The molecule has 0 aromatic rings. The zero-order chi connectivity index (χ0) is 39.3. The Hall–Kier alpha value is -0.760. The van der Waals surface area contributed by atoms with Gasteiger partial charge in [-0.2, -0.15) is 0 Å². The highest BCUT2D eigenvalue weighted by Gasteiger charge is 2.28. The van der Waals surface area contributed by atoms with Crippen molar-refractivity contribution in [3.05, 3.63) is 12.2 Å². The van der Waals surface area contributed by atoms with Gasteiger partial charge in [0.15, 0.2) is 0 Å². The average molecular weight is 774 g/mol. The summed E-state index contributed by atoms with van der Waals surface area (Å²) < 4.78 is 23.6.